The van der Waals surface area contributed by atoms with Crippen LogP contribution in [0.2, 0.25) is 0 Å². The van der Waals surface area contributed by atoms with E-state index in [4.69, 9.17) is 4.42 Å². The Bertz CT molecular complexity index is 370. The fraction of sp³-hybridized carbons (Fsp3) is 0.733. The quantitative estimate of drug-likeness (QED) is 0.776. The fourth-order valence-electron chi connectivity index (χ4n) is 2.87. The van der Waals surface area contributed by atoms with Gasteiger partial charge >= 0.3 is 0 Å². The van der Waals surface area contributed by atoms with Gasteiger partial charge in [0, 0.05) is 0 Å². The molecular weight excluding hydrogens is 242 g/mol. The molecule has 100 valence electrons. The Kier molecular flexibility index (Phi) is 4.00. The minimum absolute atomic E-state index is 0.893. The molecule has 1 N–H and O–H groups in total. The van der Waals surface area contributed by atoms with E-state index in [0.717, 1.165) is 41.6 Å². The minimum Gasteiger partial charge on any atom is -0.464 e. The van der Waals surface area contributed by atoms with Gasteiger partial charge in [-0.15, -0.1) is 0 Å². The second-order valence-corrected chi connectivity index (χ2v) is 6.64. The summed E-state index contributed by atoms with van der Waals surface area (Å²) in [6, 6.07) is 4.22. The molecule has 2 fully saturated rings. The molecule has 0 bridgehead atoms. The lowest BCUT2D eigenvalue weighted by molar-refractivity contribution is 0.366. The van der Waals surface area contributed by atoms with Crippen LogP contribution in [-0.4, -0.2) is 12.8 Å². The SMILES string of the molecule is CSCc1ccc(CNCC(C2CC2)C2CC2)o1. The van der Waals surface area contributed by atoms with Crippen LogP contribution in [0, 0.1) is 17.8 Å². The molecule has 1 aromatic rings. The lowest BCUT2D eigenvalue weighted by Crippen LogP contribution is -2.25. The Balaban J connectivity index is 1.42. The number of rotatable bonds is 8. The Morgan fingerprint density at radius 2 is 1.89 bits per heavy atom. The van der Waals surface area contributed by atoms with E-state index < -0.39 is 0 Å². The molecule has 0 unspecified atom stereocenters. The Labute approximate surface area is 114 Å². The topological polar surface area (TPSA) is 25.2 Å². The molecule has 2 saturated carbocycles. The first kappa shape index (κ1) is 12.6. The fourth-order valence-corrected chi connectivity index (χ4v) is 3.31. The van der Waals surface area contributed by atoms with Crippen LogP contribution in [0.25, 0.3) is 0 Å². The second-order valence-electron chi connectivity index (χ2n) is 5.77. The summed E-state index contributed by atoms with van der Waals surface area (Å²) in [6.07, 6.45) is 8.00. The van der Waals surface area contributed by atoms with Crippen molar-refractivity contribution in [2.24, 2.45) is 17.8 Å². The third-order valence-corrected chi connectivity index (χ3v) is 4.71. The van der Waals surface area contributed by atoms with Crippen LogP contribution in [0.3, 0.4) is 0 Å². The largest absolute Gasteiger partial charge is 0.464 e. The van der Waals surface area contributed by atoms with E-state index in [2.05, 4.69) is 23.7 Å². The summed E-state index contributed by atoms with van der Waals surface area (Å²) in [7, 11) is 0. The summed E-state index contributed by atoms with van der Waals surface area (Å²) in [6.45, 7) is 2.08. The Morgan fingerprint density at radius 3 is 2.50 bits per heavy atom. The van der Waals surface area contributed by atoms with Gasteiger partial charge in [0.25, 0.3) is 0 Å². The van der Waals surface area contributed by atoms with Crippen molar-refractivity contribution in [3.05, 3.63) is 23.7 Å². The van der Waals surface area contributed by atoms with Crippen molar-refractivity contribution < 1.29 is 4.42 Å². The predicted octanol–water partition coefficient (Wildman–Crippen LogP) is 3.67. The molecule has 18 heavy (non-hydrogen) atoms. The van der Waals surface area contributed by atoms with E-state index in [1.165, 1.54) is 32.2 Å². The third-order valence-electron chi connectivity index (χ3n) is 4.14. The van der Waals surface area contributed by atoms with Gasteiger partial charge in [0.15, 0.2) is 0 Å². The van der Waals surface area contributed by atoms with E-state index >= 15 is 0 Å². The molecule has 0 atom stereocenters. The van der Waals surface area contributed by atoms with Crippen molar-refractivity contribution in [2.45, 2.75) is 38.0 Å². The lowest BCUT2D eigenvalue weighted by Gasteiger charge is -2.15. The maximum Gasteiger partial charge on any atom is 0.117 e. The van der Waals surface area contributed by atoms with Gasteiger partial charge in [-0.05, 0) is 68.4 Å². The van der Waals surface area contributed by atoms with Gasteiger partial charge in [-0.1, -0.05) is 0 Å². The van der Waals surface area contributed by atoms with Crippen molar-refractivity contribution in [3.63, 3.8) is 0 Å². The van der Waals surface area contributed by atoms with E-state index in [-0.39, 0.29) is 0 Å². The van der Waals surface area contributed by atoms with Crippen molar-refractivity contribution in [1.29, 1.82) is 0 Å². The van der Waals surface area contributed by atoms with Crippen molar-refractivity contribution in [1.82, 2.24) is 5.32 Å². The van der Waals surface area contributed by atoms with Crippen LogP contribution in [0.4, 0.5) is 0 Å². The maximum atomic E-state index is 5.77. The molecule has 3 rings (SSSR count). The first-order chi connectivity index (χ1) is 8.86. The van der Waals surface area contributed by atoms with Gasteiger partial charge < -0.3 is 9.73 Å². The van der Waals surface area contributed by atoms with E-state index in [1.54, 1.807) is 11.8 Å². The molecule has 1 aromatic heterocycles. The first-order valence-corrected chi connectivity index (χ1v) is 8.53. The summed E-state index contributed by atoms with van der Waals surface area (Å²) >= 11 is 1.81. The zero-order valence-electron chi connectivity index (χ0n) is 11.2. The number of nitrogens with one attached hydrogen (secondary N) is 1. The highest BCUT2D eigenvalue weighted by atomic mass is 32.2. The van der Waals surface area contributed by atoms with Crippen LogP contribution in [-0.2, 0) is 12.3 Å². The number of hydrogen-bond donors (Lipinski definition) is 1. The van der Waals surface area contributed by atoms with Crippen molar-refractivity contribution >= 4 is 11.8 Å². The van der Waals surface area contributed by atoms with Gasteiger partial charge in [0.05, 0.1) is 12.3 Å². The average molecular weight is 265 g/mol. The highest BCUT2D eigenvalue weighted by Crippen LogP contribution is 2.48. The molecule has 2 aliphatic rings. The average Bonchev–Trinajstić information content (AvgIpc) is 3.27. The van der Waals surface area contributed by atoms with Gasteiger partial charge in [-0.3, -0.25) is 0 Å². The molecule has 0 spiro atoms. The van der Waals surface area contributed by atoms with Crippen LogP contribution >= 0.6 is 11.8 Å². The smallest absolute Gasteiger partial charge is 0.117 e. The van der Waals surface area contributed by atoms with Crippen LogP contribution in [0.5, 0.6) is 0 Å². The minimum atomic E-state index is 0.893. The van der Waals surface area contributed by atoms with Crippen LogP contribution < -0.4 is 5.32 Å². The predicted molar refractivity (Wildman–Crippen MR) is 76.6 cm³/mol. The standard InChI is InChI=1S/C15H23NOS/c1-18-10-14-7-6-13(17-14)8-16-9-15(11-2-3-11)12-4-5-12/h6-7,11-12,15-16H,2-5,8-10H2,1H3. The van der Waals surface area contributed by atoms with E-state index in [0.29, 0.717) is 0 Å². The molecule has 0 saturated heterocycles. The highest BCUT2D eigenvalue weighted by Gasteiger charge is 2.40. The maximum absolute atomic E-state index is 5.77. The lowest BCUT2D eigenvalue weighted by atomic mass is 9.98. The second kappa shape index (κ2) is 5.70. The zero-order chi connectivity index (χ0) is 12.4. The van der Waals surface area contributed by atoms with Crippen LogP contribution in [0.1, 0.15) is 37.2 Å². The molecule has 2 nitrogen and oxygen atoms in total. The highest BCUT2D eigenvalue weighted by molar-refractivity contribution is 7.97. The third kappa shape index (κ3) is 3.33. The van der Waals surface area contributed by atoms with Crippen LogP contribution in [0.15, 0.2) is 16.5 Å². The summed E-state index contributed by atoms with van der Waals surface area (Å²) < 4.78 is 5.77. The molecular formula is C15H23NOS. The zero-order valence-corrected chi connectivity index (χ0v) is 12.0. The molecule has 0 radical (unpaired) electrons. The molecule has 1 heterocycles. The number of thioether (sulfide) groups is 1. The first-order valence-electron chi connectivity index (χ1n) is 7.14. The van der Waals surface area contributed by atoms with Gasteiger partial charge in [-0.25, -0.2) is 0 Å². The summed E-state index contributed by atoms with van der Waals surface area (Å²) in [4.78, 5) is 0. The monoisotopic (exact) mass is 265 g/mol. The molecule has 2 aliphatic carbocycles. The van der Waals surface area contributed by atoms with Gasteiger partial charge in [-0.2, -0.15) is 11.8 Å². The van der Waals surface area contributed by atoms with Crippen molar-refractivity contribution in [2.75, 3.05) is 12.8 Å². The molecule has 3 heteroatoms. The molecule has 0 aliphatic heterocycles. The number of hydrogen-bond acceptors (Lipinski definition) is 3. The summed E-state index contributed by atoms with van der Waals surface area (Å²) in [5, 5.41) is 3.60. The Morgan fingerprint density at radius 1 is 1.22 bits per heavy atom. The van der Waals surface area contributed by atoms with Crippen molar-refractivity contribution in [3.8, 4) is 0 Å². The molecule has 0 aromatic carbocycles. The van der Waals surface area contributed by atoms with E-state index in [9.17, 15) is 0 Å². The molecule has 0 amide bonds. The number of furan rings is 1. The summed E-state index contributed by atoms with van der Waals surface area (Å²) in [5.41, 5.74) is 0. The Hall–Kier alpha value is -0.410. The van der Waals surface area contributed by atoms with E-state index in [1.807, 2.05) is 0 Å². The normalized spacial score (nSPS) is 19.7. The van der Waals surface area contributed by atoms with Gasteiger partial charge in [0.1, 0.15) is 11.5 Å². The van der Waals surface area contributed by atoms with Gasteiger partial charge in [0.2, 0.25) is 0 Å². The summed E-state index contributed by atoms with van der Waals surface area (Å²) in [5.74, 6) is 6.19.